The third-order valence-corrected chi connectivity index (χ3v) is 3.24. The monoisotopic (exact) mass is 215 g/mol. The topological polar surface area (TPSA) is 32.7 Å². The summed E-state index contributed by atoms with van der Waals surface area (Å²) in [5.41, 5.74) is 0. The quantitative estimate of drug-likeness (QED) is 0.754. The lowest BCUT2D eigenvalue weighted by atomic mass is 9.92. The first kappa shape index (κ1) is 12.9. The van der Waals surface area contributed by atoms with Crippen LogP contribution in [0.3, 0.4) is 0 Å². The van der Waals surface area contributed by atoms with E-state index in [2.05, 4.69) is 18.7 Å². The van der Waals surface area contributed by atoms with Gasteiger partial charge in [0, 0.05) is 19.7 Å². The van der Waals surface area contributed by atoms with Crippen LogP contribution in [0, 0.1) is 5.92 Å². The van der Waals surface area contributed by atoms with Gasteiger partial charge in [-0.1, -0.05) is 20.3 Å². The highest BCUT2D eigenvalue weighted by atomic mass is 16.5. The second-order valence-electron chi connectivity index (χ2n) is 4.91. The zero-order valence-electron chi connectivity index (χ0n) is 10.3. The molecule has 0 radical (unpaired) electrons. The number of β-amino-alcohol motifs (C(OH)–C–C–N with tert-alkyl or cyclic N) is 1. The molecule has 15 heavy (non-hydrogen) atoms. The van der Waals surface area contributed by atoms with Gasteiger partial charge >= 0.3 is 0 Å². The van der Waals surface area contributed by atoms with Gasteiger partial charge in [0.1, 0.15) is 0 Å². The largest absolute Gasteiger partial charge is 0.389 e. The lowest BCUT2D eigenvalue weighted by Crippen LogP contribution is -2.47. The number of rotatable bonds is 5. The zero-order valence-corrected chi connectivity index (χ0v) is 10.3. The van der Waals surface area contributed by atoms with Crippen molar-refractivity contribution in [2.45, 2.75) is 45.3 Å². The van der Waals surface area contributed by atoms with Crippen molar-refractivity contribution in [1.82, 2.24) is 4.90 Å². The second-order valence-corrected chi connectivity index (χ2v) is 4.91. The molecule has 0 unspecified atom stereocenters. The fourth-order valence-electron chi connectivity index (χ4n) is 2.51. The van der Waals surface area contributed by atoms with Crippen molar-refractivity contribution in [2.24, 2.45) is 5.92 Å². The van der Waals surface area contributed by atoms with Crippen LogP contribution in [0.15, 0.2) is 0 Å². The van der Waals surface area contributed by atoms with Crippen molar-refractivity contribution in [3.05, 3.63) is 0 Å². The van der Waals surface area contributed by atoms with E-state index in [1.807, 2.05) is 0 Å². The molecule has 1 heterocycles. The van der Waals surface area contributed by atoms with Gasteiger partial charge in [-0.3, -0.25) is 4.90 Å². The minimum absolute atomic E-state index is 0.339. The molecule has 0 bridgehead atoms. The minimum Gasteiger partial charge on any atom is -0.389 e. The molecule has 1 saturated heterocycles. The first-order valence-electron chi connectivity index (χ1n) is 6.06. The molecule has 0 aromatic rings. The third kappa shape index (κ3) is 4.09. The number of piperidine rings is 1. The van der Waals surface area contributed by atoms with Gasteiger partial charge in [-0.2, -0.15) is 0 Å². The lowest BCUT2D eigenvalue weighted by molar-refractivity contribution is 0.00962. The Hall–Kier alpha value is -0.120. The van der Waals surface area contributed by atoms with E-state index >= 15 is 0 Å². The smallest absolute Gasteiger partial charge is 0.0900 e. The Balaban J connectivity index is 2.42. The third-order valence-electron chi connectivity index (χ3n) is 3.24. The maximum atomic E-state index is 9.73. The Morgan fingerprint density at radius 2 is 2.13 bits per heavy atom. The van der Waals surface area contributed by atoms with Crippen LogP contribution in [0.2, 0.25) is 0 Å². The zero-order chi connectivity index (χ0) is 11.3. The normalized spacial score (nSPS) is 25.8. The Bertz CT molecular complexity index is 173. The van der Waals surface area contributed by atoms with Gasteiger partial charge in [0.15, 0.2) is 0 Å². The summed E-state index contributed by atoms with van der Waals surface area (Å²) in [5.74, 6) is 0.681. The van der Waals surface area contributed by atoms with Crippen LogP contribution >= 0.6 is 0 Å². The second kappa shape index (κ2) is 6.46. The summed E-state index contributed by atoms with van der Waals surface area (Å²) in [6, 6.07) is 0.644. The van der Waals surface area contributed by atoms with Gasteiger partial charge in [-0.15, -0.1) is 0 Å². The van der Waals surface area contributed by atoms with Gasteiger partial charge in [0.25, 0.3) is 0 Å². The maximum Gasteiger partial charge on any atom is 0.0900 e. The number of aliphatic hydroxyl groups excluding tert-OH is 1. The summed E-state index contributed by atoms with van der Waals surface area (Å²) in [6.07, 6.45) is 3.54. The van der Waals surface area contributed by atoms with Gasteiger partial charge in [-0.05, 0) is 25.3 Å². The Morgan fingerprint density at radius 3 is 2.73 bits per heavy atom. The number of nitrogens with zero attached hydrogens (tertiary/aromatic N) is 1. The molecular weight excluding hydrogens is 190 g/mol. The van der Waals surface area contributed by atoms with E-state index in [1.165, 1.54) is 19.3 Å². The van der Waals surface area contributed by atoms with E-state index in [-0.39, 0.29) is 6.10 Å². The number of hydrogen-bond donors (Lipinski definition) is 1. The van der Waals surface area contributed by atoms with Gasteiger partial charge in [-0.25, -0.2) is 0 Å². The SMILES string of the molecule is COC[C@H](O)CN1CCCC[C@@H]1C(C)C. The van der Waals surface area contributed by atoms with Crippen LogP contribution in [0.25, 0.3) is 0 Å². The van der Waals surface area contributed by atoms with Crippen LogP contribution < -0.4 is 0 Å². The molecular formula is C12H25NO2. The van der Waals surface area contributed by atoms with Crippen molar-refractivity contribution in [3.8, 4) is 0 Å². The summed E-state index contributed by atoms with van der Waals surface area (Å²) in [5, 5.41) is 9.73. The molecule has 0 aromatic carbocycles. The lowest BCUT2D eigenvalue weighted by Gasteiger charge is -2.39. The van der Waals surface area contributed by atoms with Crippen molar-refractivity contribution in [3.63, 3.8) is 0 Å². The van der Waals surface area contributed by atoms with Crippen LogP contribution in [-0.4, -0.2) is 49.0 Å². The highest BCUT2D eigenvalue weighted by molar-refractivity contribution is 4.80. The summed E-state index contributed by atoms with van der Waals surface area (Å²) in [4.78, 5) is 2.43. The molecule has 1 rings (SSSR count). The number of hydrogen-bond acceptors (Lipinski definition) is 3. The predicted molar refractivity (Wildman–Crippen MR) is 61.9 cm³/mol. The van der Waals surface area contributed by atoms with Crippen molar-refractivity contribution < 1.29 is 9.84 Å². The predicted octanol–water partition coefficient (Wildman–Crippen LogP) is 1.50. The highest BCUT2D eigenvalue weighted by Gasteiger charge is 2.26. The Morgan fingerprint density at radius 1 is 1.40 bits per heavy atom. The van der Waals surface area contributed by atoms with Crippen LogP contribution in [0.4, 0.5) is 0 Å². The van der Waals surface area contributed by atoms with Crippen LogP contribution in [-0.2, 0) is 4.74 Å². The molecule has 0 aromatic heterocycles. The number of likely N-dealkylation sites (tertiary alicyclic amines) is 1. The number of ether oxygens (including phenoxy) is 1. The van der Waals surface area contributed by atoms with Gasteiger partial charge in [0.2, 0.25) is 0 Å². The van der Waals surface area contributed by atoms with Crippen molar-refractivity contribution in [2.75, 3.05) is 26.8 Å². The molecule has 3 heteroatoms. The fourth-order valence-corrected chi connectivity index (χ4v) is 2.51. The Labute approximate surface area is 93.4 Å². The van der Waals surface area contributed by atoms with Crippen molar-refractivity contribution >= 4 is 0 Å². The molecule has 1 N–H and O–H groups in total. The summed E-state index contributed by atoms with van der Waals surface area (Å²) in [7, 11) is 1.64. The summed E-state index contributed by atoms with van der Waals surface area (Å²) >= 11 is 0. The van der Waals surface area contributed by atoms with E-state index in [0.717, 1.165) is 13.1 Å². The number of methoxy groups -OCH3 is 1. The van der Waals surface area contributed by atoms with E-state index in [1.54, 1.807) is 7.11 Å². The first-order chi connectivity index (χ1) is 7.15. The molecule has 3 nitrogen and oxygen atoms in total. The maximum absolute atomic E-state index is 9.73. The van der Waals surface area contributed by atoms with Crippen LogP contribution in [0.1, 0.15) is 33.1 Å². The van der Waals surface area contributed by atoms with Crippen LogP contribution in [0.5, 0.6) is 0 Å². The average molecular weight is 215 g/mol. The van der Waals surface area contributed by atoms with E-state index in [9.17, 15) is 5.11 Å². The Kier molecular flexibility index (Phi) is 5.58. The standard InChI is InChI=1S/C12H25NO2/c1-10(2)12-6-4-5-7-13(12)8-11(14)9-15-3/h10-12,14H,4-9H2,1-3H3/t11-,12-/m1/s1. The molecule has 2 atom stereocenters. The molecule has 0 aliphatic carbocycles. The minimum atomic E-state index is -0.339. The van der Waals surface area contributed by atoms with Gasteiger partial charge < -0.3 is 9.84 Å². The summed E-state index contributed by atoms with van der Waals surface area (Å²) < 4.78 is 4.96. The fraction of sp³-hybridized carbons (Fsp3) is 1.00. The summed E-state index contributed by atoms with van der Waals surface area (Å²) in [6.45, 7) is 6.87. The molecule has 0 saturated carbocycles. The van der Waals surface area contributed by atoms with Gasteiger partial charge in [0.05, 0.1) is 12.7 Å². The van der Waals surface area contributed by atoms with E-state index < -0.39 is 0 Å². The molecule has 1 aliphatic heterocycles. The molecule has 0 amide bonds. The molecule has 0 spiro atoms. The first-order valence-corrected chi connectivity index (χ1v) is 6.06. The molecule has 90 valence electrons. The van der Waals surface area contributed by atoms with Crippen molar-refractivity contribution in [1.29, 1.82) is 0 Å². The molecule has 1 fully saturated rings. The average Bonchev–Trinajstić information content (AvgIpc) is 2.18. The number of aliphatic hydroxyl groups is 1. The van der Waals surface area contributed by atoms with E-state index in [0.29, 0.717) is 18.6 Å². The van der Waals surface area contributed by atoms with E-state index in [4.69, 9.17) is 4.74 Å². The highest BCUT2D eigenvalue weighted by Crippen LogP contribution is 2.23. The molecule has 1 aliphatic rings.